The molecule has 0 unspecified atom stereocenters. The van der Waals surface area contributed by atoms with Gasteiger partial charge in [0.15, 0.2) is 0 Å². The highest BCUT2D eigenvalue weighted by molar-refractivity contribution is 7.07. The zero-order chi connectivity index (χ0) is 10.2. The van der Waals surface area contributed by atoms with E-state index in [1.807, 2.05) is 5.51 Å². The fraction of sp³-hybridized carbons (Fsp3) is 0.700. The molecule has 1 aromatic heterocycles. The van der Waals surface area contributed by atoms with E-state index in [0.29, 0.717) is 6.04 Å². The van der Waals surface area contributed by atoms with E-state index in [0.717, 1.165) is 26.1 Å². The summed E-state index contributed by atoms with van der Waals surface area (Å²) in [7, 11) is 0. The zero-order valence-electron chi connectivity index (χ0n) is 8.92. The molecule has 0 fully saturated rings. The molecule has 0 bridgehead atoms. The van der Waals surface area contributed by atoms with Crippen molar-refractivity contribution < 1.29 is 0 Å². The maximum Gasteiger partial charge on any atom is 0.0794 e. The first kappa shape index (κ1) is 11.6. The Kier molecular flexibility index (Phi) is 5.75. The predicted octanol–water partition coefficient (Wildman–Crippen LogP) is 1.27. The van der Waals surface area contributed by atoms with Gasteiger partial charge in [-0.2, -0.15) is 0 Å². The van der Waals surface area contributed by atoms with Gasteiger partial charge < -0.3 is 10.6 Å². The average molecular weight is 213 g/mol. The van der Waals surface area contributed by atoms with Crippen molar-refractivity contribution in [3.63, 3.8) is 0 Å². The molecule has 0 aromatic carbocycles. The molecule has 0 atom stereocenters. The van der Waals surface area contributed by atoms with Crippen LogP contribution >= 0.6 is 11.3 Å². The van der Waals surface area contributed by atoms with Crippen LogP contribution in [0.5, 0.6) is 0 Å². The topological polar surface area (TPSA) is 37.0 Å². The average Bonchev–Trinajstić information content (AvgIpc) is 2.63. The Morgan fingerprint density at radius 1 is 1.36 bits per heavy atom. The van der Waals surface area contributed by atoms with E-state index in [2.05, 4.69) is 34.8 Å². The Morgan fingerprint density at radius 2 is 2.21 bits per heavy atom. The maximum atomic E-state index is 4.23. The highest BCUT2D eigenvalue weighted by Crippen LogP contribution is 2.00. The molecule has 0 aliphatic rings. The molecule has 0 aliphatic heterocycles. The quantitative estimate of drug-likeness (QED) is 0.670. The highest BCUT2D eigenvalue weighted by atomic mass is 32.1. The second-order valence-corrected chi connectivity index (χ2v) is 4.31. The Morgan fingerprint density at radius 3 is 2.86 bits per heavy atom. The van der Waals surface area contributed by atoms with Crippen molar-refractivity contribution in [1.82, 2.24) is 15.6 Å². The molecule has 1 rings (SSSR count). The molecule has 0 saturated carbocycles. The lowest BCUT2D eigenvalue weighted by Gasteiger charge is -2.08. The number of hydrogen-bond acceptors (Lipinski definition) is 4. The van der Waals surface area contributed by atoms with Crippen LogP contribution in [0.3, 0.4) is 0 Å². The van der Waals surface area contributed by atoms with Crippen molar-refractivity contribution in [2.45, 2.75) is 26.3 Å². The van der Waals surface area contributed by atoms with E-state index in [-0.39, 0.29) is 0 Å². The van der Waals surface area contributed by atoms with Crippen LogP contribution in [0.4, 0.5) is 0 Å². The first-order valence-corrected chi connectivity index (χ1v) is 6.04. The lowest BCUT2D eigenvalue weighted by atomic mass is 10.3. The summed E-state index contributed by atoms with van der Waals surface area (Å²) in [5.41, 5.74) is 3.08. The molecule has 2 N–H and O–H groups in total. The third kappa shape index (κ3) is 5.32. The number of rotatable bonds is 7. The van der Waals surface area contributed by atoms with E-state index in [1.54, 1.807) is 11.3 Å². The van der Waals surface area contributed by atoms with Crippen LogP contribution in [0.15, 0.2) is 10.9 Å². The standard InChI is InChI=1S/C10H19N3S/c1-9(2)12-6-5-11-4-3-10-7-14-8-13-10/h7-9,11-12H,3-6H2,1-2H3. The first-order valence-electron chi connectivity index (χ1n) is 5.10. The third-order valence-electron chi connectivity index (χ3n) is 1.90. The number of thiazole rings is 1. The molecular formula is C10H19N3S. The fourth-order valence-corrected chi connectivity index (χ4v) is 1.74. The smallest absolute Gasteiger partial charge is 0.0794 e. The van der Waals surface area contributed by atoms with E-state index in [1.165, 1.54) is 5.69 Å². The van der Waals surface area contributed by atoms with Gasteiger partial charge in [-0.3, -0.25) is 0 Å². The van der Waals surface area contributed by atoms with Crippen LogP contribution in [-0.4, -0.2) is 30.7 Å². The SMILES string of the molecule is CC(C)NCCNCCc1cscn1. The highest BCUT2D eigenvalue weighted by Gasteiger charge is 1.94. The molecule has 1 heterocycles. The Balaban J connectivity index is 1.90. The summed E-state index contributed by atoms with van der Waals surface area (Å²) < 4.78 is 0. The first-order chi connectivity index (χ1) is 6.79. The number of nitrogens with zero attached hydrogens (tertiary/aromatic N) is 1. The summed E-state index contributed by atoms with van der Waals surface area (Å²) in [6.07, 6.45) is 1.03. The summed E-state index contributed by atoms with van der Waals surface area (Å²) in [5.74, 6) is 0. The van der Waals surface area contributed by atoms with Gasteiger partial charge in [0.05, 0.1) is 11.2 Å². The van der Waals surface area contributed by atoms with Crippen LogP contribution in [0.25, 0.3) is 0 Å². The molecule has 80 valence electrons. The summed E-state index contributed by atoms with van der Waals surface area (Å²) in [6, 6.07) is 0.579. The summed E-state index contributed by atoms with van der Waals surface area (Å²) in [5, 5.41) is 8.85. The van der Waals surface area contributed by atoms with E-state index in [9.17, 15) is 0 Å². The van der Waals surface area contributed by atoms with Crippen molar-refractivity contribution in [3.05, 3.63) is 16.6 Å². The lowest BCUT2D eigenvalue weighted by Crippen LogP contribution is -2.32. The van der Waals surface area contributed by atoms with Gasteiger partial charge in [0, 0.05) is 37.5 Å². The Bertz CT molecular complexity index is 221. The van der Waals surface area contributed by atoms with Gasteiger partial charge in [0.2, 0.25) is 0 Å². The van der Waals surface area contributed by atoms with Gasteiger partial charge in [-0.15, -0.1) is 11.3 Å². The predicted molar refractivity (Wildman–Crippen MR) is 61.8 cm³/mol. The second kappa shape index (κ2) is 6.92. The molecule has 0 spiro atoms. The minimum Gasteiger partial charge on any atom is -0.315 e. The summed E-state index contributed by atoms with van der Waals surface area (Å²) in [4.78, 5) is 4.23. The van der Waals surface area contributed by atoms with E-state index in [4.69, 9.17) is 0 Å². The van der Waals surface area contributed by atoms with Crippen molar-refractivity contribution in [1.29, 1.82) is 0 Å². The van der Waals surface area contributed by atoms with E-state index >= 15 is 0 Å². The van der Waals surface area contributed by atoms with Crippen molar-refractivity contribution in [2.75, 3.05) is 19.6 Å². The fourth-order valence-electron chi connectivity index (χ4n) is 1.15. The van der Waals surface area contributed by atoms with Crippen molar-refractivity contribution in [2.24, 2.45) is 0 Å². The van der Waals surface area contributed by atoms with Crippen LogP contribution in [-0.2, 0) is 6.42 Å². The van der Waals surface area contributed by atoms with Gasteiger partial charge in [-0.25, -0.2) is 4.98 Å². The van der Waals surface area contributed by atoms with Gasteiger partial charge >= 0.3 is 0 Å². The molecule has 0 radical (unpaired) electrons. The van der Waals surface area contributed by atoms with Gasteiger partial charge in [0.1, 0.15) is 0 Å². The monoisotopic (exact) mass is 213 g/mol. The van der Waals surface area contributed by atoms with Gasteiger partial charge in [0.25, 0.3) is 0 Å². The number of nitrogens with one attached hydrogen (secondary N) is 2. The molecule has 0 amide bonds. The molecule has 14 heavy (non-hydrogen) atoms. The number of hydrogen-bond donors (Lipinski definition) is 2. The Labute approximate surface area is 89.9 Å². The molecule has 0 saturated heterocycles. The van der Waals surface area contributed by atoms with Crippen LogP contribution in [0, 0.1) is 0 Å². The van der Waals surface area contributed by atoms with Crippen molar-refractivity contribution in [3.8, 4) is 0 Å². The molecule has 0 aliphatic carbocycles. The lowest BCUT2D eigenvalue weighted by molar-refractivity contribution is 0.556. The van der Waals surface area contributed by atoms with Crippen LogP contribution < -0.4 is 10.6 Å². The zero-order valence-corrected chi connectivity index (χ0v) is 9.73. The molecule has 1 aromatic rings. The van der Waals surface area contributed by atoms with Crippen molar-refractivity contribution >= 4 is 11.3 Å². The summed E-state index contributed by atoms with van der Waals surface area (Å²) >= 11 is 1.66. The normalized spacial score (nSPS) is 11.1. The van der Waals surface area contributed by atoms with Gasteiger partial charge in [-0.05, 0) is 0 Å². The summed E-state index contributed by atoms with van der Waals surface area (Å²) in [6.45, 7) is 7.41. The second-order valence-electron chi connectivity index (χ2n) is 3.59. The third-order valence-corrected chi connectivity index (χ3v) is 2.53. The van der Waals surface area contributed by atoms with Gasteiger partial charge in [-0.1, -0.05) is 13.8 Å². The molecule has 3 nitrogen and oxygen atoms in total. The number of aromatic nitrogens is 1. The molecular weight excluding hydrogens is 194 g/mol. The van der Waals surface area contributed by atoms with E-state index < -0.39 is 0 Å². The Hall–Kier alpha value is -0.450. The van der Waals surface area contributed by atoms with Crippen LogP contribution in [0.2, 0.25) is 0 Å². The maximum absolute atomic E-state index is 4.23. The minimum atomic E-state index is 0.579. The molecule has 4 heteroatoms. The minimum absolute atomic E-state index is 0.579. The van der Waals surface area contributed by atoms with Crippen LogP contribution in [0.1, 0.15) is 19.5 Å². The largest absolute Gasteiger partial charge is 0.315 e.